The van der Waals surface area contributed by atoms with Gasteiger partial charge in [-0.2, -0.15) is 5.10 Å². The molecule has 120 valence electrons. The van der Waals surface area contributed by atoms with Crippen molar-refractivity contribution in [3.63, 3.8) is 0 Å². The van der Waals surface area contributed by atoms with Gasteiger partial charge in [-0.05, 0) is 29.8 Å². The van der Waals surface area contributed by atoms with E-state index in [1.165, 1.54) is 0 Å². The summed E-state index contributed by atoms with van der Waals surface area (Å²) in [6.45, 7) is 0.649. The zero-order valence-electron chi connectivity index (χ0n) is 12.8. The van der Waals surface area contributed by atoms with E-state index in [9.17, 15) is 4.79 Å². The Balaban J connectivity index is 1.42. The minimum Gasteiger partial charge on any atom is -0.454 e. The minimum atomic E-state index is -0.171. The summed E-state index contributed by atoms with van der Waals surface area (Å²) < 4.78 is 12.3. The molecule has 1 aliphatic heterocycles. The fourth-order valence-corrected chi connectivity index (χ4v) is 2.50. The number of nitrogens with zero attached hydrogens (tertiary/aromatic N) is 2. The molecule has 0 unspecified atom stereocenters. The predicted molar refractivity (Wildman–Crippen MR) is 87.3 cm³/mol. The van der Waals surface area contributed by atoms with Crippen LogP contribution in [0.1, 0.15) is 15.9 Å². The number of fused-ring (bicyclic) bond motifs is 1. The van der Waals surface area contributed by atoms with Gasteiger partial charge in [-0.1, -0.05) is 24.3 Å². The van der Waals surface area contributed by atoms with E-state index in [4.69, 9.17) is 9.47 Å². The lowest BCUT2D eigenvalue weighted by molar-refractivity contribution is 0.0951. The molecule has 0 atom stereocenters. The lowest BCUT2D eigenvalue weighted by atomic mass is 10.2. The van der Waals surface area contributed by atoms with Crippen molar-refractivity contribution >= 4 is 5.91 Å². The molecule has 0 radical (unpaired) electrons. The molecule has 0 saturated heterocycles. The largest absolute Gasteiger partial charge is 0.454 e. The monoisotopic (exact) mass is 321 g/mol. The second-order valence-corrected chi connectivity index (χ2v) is 5.38. The van der Waals surface area contributed by atoms with E-state index in [2.05, 4.69) is 10.4 Å². The van der Waals surface area contributed by atoms with Crippen LogP contribution in [0.15, 0.2) is 60.9 Å². The van der Waals surface area contributed by atoms with Crippen LogP contribution in [-0.4, -0.2) is 22.5 Å². The van der Waals surface area contributed by atoms with Crippen molar-refractivity contribution in [3.8, 4) is 17.2 Å². The third kappa shape index (κ3) is 2.81. The van der Waals surface area contributed by atoms with E-state index in [1.807, 2.05) is 48.5 Å². The number of benzene rings is 2. The molecule has 2 heterocycles. The number of aromatic nitrogens is 2. The molecule has 1 aromatic heterocycles. The molecule has 3 aromatic rings. The van der Waals surface area contributed by atoms with Crippen molar-refractivity contribution in [2.24, 2.45) is 0 Å². The van der Waals surface area contributed by atoms with Crippen molar-refractivity contribution < 1.29 is 14.3 Å². The van der Waals surface area contributed by atoms with Crippen LogP contribution in [0.5, 0.6) is 11.5 Å². The van der Waals surface area contributed by atoms with Crippen molar-refractivity contribution in [2.45, 2.75) is 6.54 Å². The Morgan fingerprint density at radius 2 is 1.96 bits per heavy atom. The maximum Gasteiger partial charge on any atom is 0.254 e. The molecule has 6 nitrogen and oxygen atoms in total. The zero-order valence-corrected chi connectivity index (χ0v) is 12.8. The summed E-state index contributed by atoms with van der Waals surface area (Å²) in [5, 5.41) is 7.11. The van der Waals surface area contributed by atoms with Crippen LogP contribution >= 0.6 is 0 Å². The summed E-state index contributed by atoms with van der Waals surface area (Å²) >= 11 is 0. The Hall–Kier alpha value is -3.28. The topological polar surface area (TPSA) is 65.4 Å². The molecule has 2 aromatic carbocycles. The normalized spacial score (nSPS) is 12.2. The van der Waals surface area contributed by atoms with Gasteiger partial charge in [-0.25, -0.2) is 4.68 Å². The van der Waals surface area contributed by atoms with Crippen LogP contribution in [0.3, 0.4) is 0 Å². The number of rotatable bonds is 4. The van der Waals surface area contributed by atoms with E-state index in [0.717, 1.165) is 17.0 Å². The maximum atomic E-state index is 12.3. The number of carbonyl (C=O) groups is 1. The van der Waals surface area contributed by atoms with Gasteiger partial charge in [0.25, 0.3) is 5.91 Å². The van der Waals surface area contributed by atoms with Crippen LogP contribution in [0.4, 0.5) is 0 Å². The van der Waals surface area contributed by atoms with Gasteiger partial charge in [-0.15, -0.1) is 0 Å². The van der Waals surface area contributed by atoms with E-state index in [1.54, 1.807) is 17.1 Å². The van der Waals surface area contributed by atoms with Crippen molar-refractivity contribution in [1.29, 1.82) is 0 Å². The predicted octanol–water partition coefficient (Wildman–Crippen LogP) is 2.53. The number of nitrogens with one attached hydrogen (secondary N) is 1. The molecule has 4 rings (SSSR count). The summed E-state index contributed by atoms with van der Waals surface area (Å²) in [6.07, 6.45) is 3.27. The van der Waals surface area contributed by atoms with Crippen molar-refractivity contribution in [1.82, 2.24) is 15.1 Å². The highest BCUT2D eigenvalue weighted by Crippen LogP contribution is 2.32. The molecule has 0 aliphatic carbocycles. The second-order valence-electron chi connectivity index (χ2n) is 5.38. The fraction of sp³-hybridized carbons (Fsp3) is 0.111. The third-order valence-electron chi connectivity index (χ3n) is 3.76. The Morgan fingerprint density at radius 1 is 1.12 bits per heavy atom. The summed E-state index contributed by atoms with van der Waals surface area (Å²) in [6, 6.07) is 15.3. The number of hydrogen-bond acceptors (Lipinski definition) is 4. The molecule has 1 aliphatic rings. The summed E-state index contributed by atoms with van der Waals surface area (Å²) in [5.74, 6) is 1.27. The average molecular weight is 321 g/mol. The number of ether oxygens (including phenoxy) is 2. The Morgan fingerprint density at radius 3 is 2.83 bits per heavy atom. The van der Waals surface area contributed by atoms with Crippen LogP contribution in [-0.2, 0) is 6.54 Å². The standard InChI is InChI=1S/C18H15N3O3/c22-18(14-10-20-21(11-14)15-4-2-1-3-5-15)19-9-13-6-7-16-17(8-13)24-12-23-16/h1-8,10-11H,9,12H2,(H,19,22). The molecule has 24 heavy (non-hydrogen) atoms. The first-order valence-electron chi connectivity index (χ1n) is 7.56. The third-order valence-corrected chi connectivity index (χ3v) is 3.76. The molecular weight excluding hydrogens is 306 g/mol. The van der Waals surface area contributed by atoms with Gasteiger partial charge < -0.3 is 14.8 Å². The SMILES string of the molecule is O=C(NCc1ccc2c(c1)OCO2)c1cnn(-c2ccccc2)c1. The van der Waals surface area contributed by atoms with Crippen LogP contribution in [0.25, 0.3) is 5.69 Å². The average Bonchev–Trinajstić information content (AvgIpc) is 3.29. The van der Waals surface area contributed by atoms with Gasteiger partial charge in [0.2, 0.25) is 6.79 Å². The molecular formula is C18H15N3O3. The number of carbonyl (C=O) groups excluding carboxylic acids is 1. The van der Waals surface area contributed by atoms with Crippen LogP contribution in [0.2, 0.25) is 0 Å². The van der Waals surface area contributed by atoms with E-state index < -0.39 is 0 Å². The first-order chi connectivity index (χ1) is 11.8. The fourth-order valence-electron chi connectivity index (χ4n) is 2.50. The lowest BCUT2D eigenvalue weighted by Crippen LogP contribution is -2.22. The summed E-state index contributed by atoms with van der Waals surface area (Å²) in [4.78, 5) is 12.3. The highest BCUT2D eigenvalue weighted by molar-refractivity contribution is 5.93. The van der Waals surface area contributed by atoms with E-state index in [-0.39, 0.29) is 12.7 Å². The first-order valence-corrected chi connectivity index (χ1v) is 7.56. The van der Waals surface area contributed by atoms with Gasteiger partial charge >= 0.3 is 0 Å². The van der Waals surface area contributed by atoms with Gasteiger partial charge in [0.05, 0.1) is 17.4 Å². The summed E-state index contributed by atoms with van der Waals surface area (Å²) in [5.41, 5.74) is 2.37. The Labute approximate surface area is 138 Å². The number of hydrogen-bond donors (Lipinski definition) is 1. The molecule has 0 spiro atoms. The zero-order chi connectivity index (χ0) is 16.4. The molecule has 0 saturated carbocycles. The highest BCUT2D eigenvalue weighted by atomic mass is 16.7. The maximum absolute atomic E-state index is 12.3. The molecule has 1 amide bonds. The first kappa shape index (κ1) is 14.3. The number of amides is 1. The Bertz CT molecular complexity index is 874. The van der Waals surface area contributed by atoms with E-state index >= 15 is 0 Å². The minimum absolute atomic E-state index is 0.171. The number of para-hydroxylation sites is 1. The van der Waals surface area contributed by atoms with Gasteiger partial charge in [0.15, 0.2) is 11.5 Å². The molecule has 1 N–H and O–H groups in total. The Kier molecular flexibility index (Phi) is 3.63. The molecule has 6 heteroatoms. The molecule has 0 fully saturated rings. The van der Waals surface area contributed by atoms with Crippen molar-refractivity contribution in [3.05, 3.63) is 72.1 Å². The molecule has 0 bridgehead atoms. The van der Waals surface area contributed by atoms with Crippen LogP contribution in [0, 0.1) is 0 Å². The van der Waals surface area contributed by atoms with E-state index in [0.29, 0.717) is 17.9 Å². The smallest absolute Gasteiger partial charge is 0.254 e. The summed E-state index contributed by atoms with van der Waals surface area (Å²) in [7, 11) is 0. The van der Waals surface area contributed by atoms with Gasteiger partial charge in [0.1, 0.15) is 0 Å². The van der Waals surface area contributed by atoms with Gasteiger partial charge in [-0.3, -0.25) is 4.79 Å². The van der Waals surface area contributed by atoms with Gasteiger partial charge in [0, 0.05) is 12.7 Å². The van der Waals surface area contributed by atoms with Crippen LogP contribution < -0.4 is 14.8 Å². The lowest BCUT2D eigenvalue weighted by Gasteiger charge is -2.05. The second kappa shape index (κ2) is 6.08. The highest BCUT2D eigenvalue weighted by Gasteiger charge is 2.14. The van der Waals surface area contributed by atoms with Crippen molar-refractivity contribution in [2.75, 3.05) is 6.79 Å². The quantitative estimate of drug-likeness (QED) is 0.802.